The Labute approximate surface area is 199 Å². The lowest BCUT2D eigenvalue weighted by Crippen LogP contribution is -2.18. The standard InChI is InChI=1S/C24H18BrN3S.BrH/c25-20-13-11-18(12-14-20)22-16-29-24(26-22)28-23(19-9-5-2-6-10-19)15-21(27-28)17-7-3-1-4-8-17;/h1-14,16,23H,15H2;1H. The predicted molar refractivity (Wildman–Crippen MR) is 135 cm³/mol. The van der Waals surface area contributed by atoms with Crippen molar-refractivity contribution in [3.8, 4) is 11.3 Å². The number of nitrogens with zero attached hydrogens (tertiary/aromatic N) is 3. The normalized spacial score (nSPS) is 15.6. The summed E-state index contributed by atoms with van der Waals surface area (Å²) in [7, 11) is 0. The van der Waals surface area contributed by atoms with Crippen LogP contribution in [0.1, 0.15) is 23.6 Å². The van der Waals surface area contributed by atoms with Gasteiger partial charge in [0.05, 0.1) is 17.4 Å². The van der Waals surface area contributed by atoms with E-state index in [1.54, 1.807) is 11.3 Å². The van der Waals surface area contributed by atoms with Crippen LogP contribution in [-0.4, -0.2) is 10.7 Å². The summed E-state index contributed by atoms with van der Waals surface area (Å²) in [4.78, 5) is 4.92. The van der Waals surface area contributed by atoms with Gasteiger partial charge in [-0.25, -0.2) is 9.99 Å². The molecule has 0 spiro atoms. The van der Waals surface area contributed by atoms with Crippen molar-refractivity contribution in [2.45, 2.75) is 12.5 Å². The summed E-state index contributed by atoms with van der Waals surface area (Å²) in [5.74, 6) is 0. The van der Waals surface area contributed by atoms with Crippen LogP contribution in [0.5, 0.6) is 0 Å². The molecule has 1 unspecified atom stereocenters. The summed E-state index contributed by atoms with van der Waals surface area (Å²) in [5, 5.41) is 10.1. The molecule has 6 heteroatoms. The van der Waals surface area contributed by atoms with Gasteiger partial charge in [-0.1, -0.05) is 88.7 Å². The highest BCUT2D eigenvalue weighted by Crippen LogP contribution is 2.39. The molecule has 3 aromatic carbocycles. The van der Waals surface area contributed by atoms with E-state index in [2.05, 4.69) is 93.0 Å². The quantitative estimate of drug-likeness (QED) is 0.268. The highest BCUT2D eigenvalue weighted by molar-refractivity contribution is 9.10. The lowest BCUT2D eigenvalue weighted by molar-refractivity contribution is 0.706. The minimum atomic E-state index is 0. The second-order valence-corrected chi connectivity index (χ2v) is 8.66. The molecule has 1 aliphatic heterocycles. The third-order valence-corrected chi connectivity index (χ3v) is 6.39. The number of thiazole rings is 1. The minimum absolute atomic E-state index is 0. The molecule has 3 nitrogen and oxygen atoms in total. The van der Waals surface area contributed by atoms with Crippen LogP contribution in [0.4, 0.5) is 5.13 Å². The molecule has 0 bridgehead atoms. The second kappa shape index (κ2) is 9.25. The third-order valence-electron chi connectivity index (χ3n) is 5.03. The lowest BCUT2D eigenvalue weighted by Gasteiger charge is -2.21. The summed E-state index contributed by atoms with van der Waals surface area (Å²) in [6.45, 7) is 0. The van der Waals surface area contributed by atoms with E-state index in [-0.39, 0.29) is 23.0 Å². The first-order valence-corrected chi connectivity index (χ1v) is 11.1. The molecule has 1 aliphatic rings. The van der Waals surface area contributed by atoms with E-state index in [1.165, 1.54) is 11.1 Å². The van der Waals surface area contributed by atoms with Gasteiger partial charge in [-0.3, -0.25) is 0 Å². The Morgan fingerprint density at radius 1 is 0.833 bits per heavy atom. The summed E-state index contributed by atoms with van der Waals surface area (Å²) < 4.78 is 1.07. The second-order valence-electron chi connectivity index (χ2n) is 6.91. The topological polar surface area (TPSA) is 28.5 Å². The number of hydrogen-bond donors (Lipinski definition) is 0. The third kappa shape index (κ3) is 4.26. The van der Waals surface area contributed by atoms with Gasteiger partial charge < -0.3 is 0 Å². The van der Waals surface area contributed by atoms with Crippen molar-refractivity contribution >= 4 is 55.1 Å². The van der Waals surface area contributed by atoms with Crippen LogP contribution in [0.2, 0.25) is 0 Å². The first-order chi connectivity index (χ1) is 14.3. The van der Waals surface area contributed by atoms with Crippen molar-refractivity contribution in [1.82, 2.24) is 4.98 Å². The molecule has 0 saturated heterocycles. The van der Waals surface area contributed by atoms with Crippen LogP contribution >= 0.6 is 44.2 Å². The van der Waals surface area contributed by atoms with E-state index in [9.17, 15) is 0 Å². The van der Waals surface area contributed by atoms with Crippen LogP contribution in [0.25, 0.3) is 11.3 Å². The summed E-state index contributed by atoms with van der Waals surface area (Å²) >= 11 is 5.13. The number of anilines is 1. The molecule has 5 rings (SSSR count). The van der Waals surface area contributed by atoms with Crippen molar-refractivity contribution in [3.05, 3.63) is 106 Å². The largest absolute Gasteiger partial charge is 0.231 e. The highest BCUT2D eigenvalue weighted by Gasteiger charge is 2.31. The van der Waals surface area contributed by atoms with Crippen molar-refractivity contribution < 1.29 is 0 Å². The van der Waals surface area contributed by atoms with E-state index in [0.717, 1.165) is 33.0 Å². The van der Waals surface area contributed by atoms with Gasteiger partial charge in [0, 0.05) is 21.8 Å². The molecule has 0 aliphatic carbocycles. The van der Waals surface area contributed by atoms with E-state index in [0.29, 0.717) is 0 Å². The van der Waals surface area contributed by atoms with Crippen LogP contribution in [-0.2, 0) is 0 Å². The maximum atomic E-state index is 5.00. The molecular formula is C24H19Br2N3S. The summed E-state index contributed by atoms with van der Waals surface area (Å²) in [6.07, 6.45) is 0.862. The number of hydrazone groups is 1. The molecule has 30 heavy (non-hydrogen) atoms. The zero-order valence-corrected chi connectivity index (χ0v) is 20.1. The number of benzene rings is 3. The first-order valence-electron chi connectivity index (χ1n) is 9.46. The Morgan fingerprint density at radius 2 is 1.50 bits per heavy atom. The fourth-order valence-electron chi connectivity index (χ4n) is 3.55. The van der Waals surface area contributed by atoms with Gasteiger partial charge >= 0.3 is 0 Å². The fraction of sp³-hybridized carbons (Fsp3) is 0.0833. The monoisotopic (exact) mass is 539 g/mol. The van der Waals surface area contributed by atoms with Crippen LogP contribution in [0.3, 0.4) is 0 Å². The molecule has 150 valence electrons. The molecule has 1 atom stereocenters. The zero-order valence-electron chi connectivity index (χ0n) is 16.0. The maximum absolute atomic E-state index is 5.00. The van der Waals surface area contributed by atoms with E-state index >= 15 is 0 Å². The van der Waals surface area contributed by atoms with E-state index < -0.39 is 0 Å². The van der Waals surface area contributed by atoms with Gasteiger partial charge in [0.1, 0.15) is 0 Å². The van der Waals surface area contributed by atoms with Crippen molar-refractivity contribution in [3.63, 3.8) is 0 Å². The summed E-state index contributed by atoms with van der Waals surface area (Å²) in [5.41, 5.74) is 5.61. The average Bonchev–Trinajstić information content (AvgIpc) is 3.43. The van der Waals surface area contributed by atoms with Crippen molar-refractivity contribution in [1.29, 1.82) is 0 Å². The van der Waals surface area contributed by atoms with Crippen LogP contribution < -0.4 is 5.01 Å². The zero-order chi connectivity index (χ0) is 19.6. The SMILES string of the molecule is Br.Brc1ccc(-c2csc(N3N=C(c4ccccc4)CC3c3ccccc3)n2)cc1. The number of aromatic nitrogens is 1. The molecular weight excluding hydrogens is 522 g/mol. The predicted octanol–water partition coefficient (Wildman–Crippen LogP) is 7.51. The Kier molecular flexibility index (Phi) is 6.46. The van der Waals surface area contributed by atoms with Gasteiger partial charge in [-0.05, 0) is 23.3 Å². The molecule has 2 heterocycles. The molecule has 4 aromatic rings. The van der Waals surface area contributed by atoms with Gasteiger partial charge in [0.15, 0.2) is 0 Å². The van der Waals surface area contributed by atoms with Gasteiger partial charge in [0.25, 0.3) is 0 Å². The Morgan fingerprint density at radius 3 is 2.20 bits per heavy atom. The molecule has 1 aromatic heterocycles. The maximum Gasteiger partial charge on any atom is 0.207 e. The van der Waals surface area contributed by atoms with E-state index in [4.69, 9.17) is 10.1 Å². The average molecular weight is 541 g/mol. The fourth-order valence-corrected chi connectivity index (χ4v) is 4.65. The smallest absolute Gasteiger partial charge is 0.207 e. The Bertz CT molecular complexity index is 1140. The van der Waals surface area contributed by atoms with Crippen molar-refractivity contribution in [2.75, 3.05) is 5.01 Å². The van der Waals surface area contributed by atoms with E-state index in [1.807, 2.05) is 18.2 Å². The molecule has 0 saturated carbocycles. The van der Waals surface area contributed by atoms with Gasteiger partial charge in [-0.2, -0.15) is 5.10 Å². The lowest BCUT2D eigenvalue weighted by atomic mass is 9.99. The molecule has 0 amide bonds. The van der Waals surface area contributed by atoms with Crippen molar-refractivity contribution in [2.24, 2.45) is 5.10 Å². The minimum Gasteiger partial charge on any atom is -0.231 e. The molecule has 0 radical (unpaired) electrons. The first kappa shape index (κ1) is 21.0. The molecule has 0 N–H and O–H groups in total. The van der Waals surface area contributed by atoms with Crippen LogP contribution in [0.15, 0.2) is 99.9 Å². The van der Waals surface area contributed by atoms with Gasteiger partial charge in [-0.15, -0.1) is 28.3 Å². The molecule has 0 fully saturated rings. The summed E-state index contributed by atoms with van der Waals surface area (Å²) in [6, 6.07) is 29.4. The Balaban J connectivity index is 0.00000218. The van der Waals surface area contributed by atoms with Crippen LogP contribution in [0, 0.1) is 0 Å². The number of halogens is 2. The number of rotatable bonds is 4. The highest BCUT2D eigenvalue weighted by atomic mass is 79.9. The number of hydrogen-bond acceptors (Lipinski definition) is 4. The Hall–Kier alpha value is -2.28. The van der Waals surface area contributed by atoms with Gasteiger partial charge in [0.2, 0.25) is 5.13 Å².